The Morgan fingerprint density at radius 1 is 1.45 bits per heavy atom. The number of rotatable bonds is 3. The van der Waals surface area contributed by atoms with E-state index < -0.39 is 6.61 Å². The first-order valence-electron chi connectivity index (χ1n) is 7.79. The van der Waals surface area contributed by atoms with Crippen molar-refractivity contribution in [2.24, 2.45) is 0 Å². The van der Waals surface area contributed by atoms with Gasteiger partial charge in [-0.3, -0.25) is 4.79 Å². The minimum atomic E-state index is -0.489. The fraction of sp³-hybridized carbons (Fsp3) is 0.588. The number of carbonyl (C=O) groups is 1. The van der Waals surface area contributed by atoms with Gasteiger partial charge in [-0.2, -0.15) is 0 Å². The van der Waals surface area contributed by atoms with Crippen LogP contribution in [-0.4, -0.2) is 42.7 Å². The van der Waals surface area contributed by atoms with Gasteiger partial charge in [-0.25, -0.2) is 4.39 Å². The molecular weight excluding hydrogens is 285 g/mol. The van der Waals surface area contributed by atoms with Crippen molar-refractivity contribution < 1.29 is 19.0 Å². The van der Waals surface area contributed by atoms with Gasteiger partial charge < -0.3 is 14.7 Å². The van der Waals surface area contributed by atoms with Crippen LogP contribution in [0.5, 0.6) is 5.75 Å². The monoisotopic (exact) mass is 311 g/mol. The van der Waals surface area contributed by atoms with Gasteiger partial charge in [0.05, 0.1) is 7.11 Å². The summed E-state index contributed by atoms with van der Waals surface area (Å²) < 4.78 is 19.3. The summed E-state index contributed by atoms with van der Waals surface area (Å²) >= 11 is 0. The van der Waals surface area contributed by atoms with E-state index in [1.807, 2.05) is 20.8 Å². The number of hydrogen-bond donors (Lipinski definition) is 1. The minimum Gasteiger partial charge on any atom is -0.496 e. The maximum atomic E-state index is 14.2. The zero-order valence-electron chi connectivity index (χ0n) is 13.9. The largest absolute Gasteiger partial charge is 0.496 e. The van der Waals surface area contributed by atoms with Gasteiger partial charge in [-0.15, -0.1) is 0 Å². The Labute approximate surface area is 131 Å². The van der Waals surface area contributed by atoms with Gasteiger partial charge in [-0.05, 0) is 37.0 Å². The molecule has 1 unspecified atom stereocenters. The van der Waals surface area contributed by atoms with Crippen LogP contribution in [0.15, 0.2) is 12.1 Å². The molecule has 2 rings (SSSR count). The van der Waals surface area contributed by atoms with Gasteiger partial charge in [0.15, 0.2) is 0 Å². The third kappa shape index (κ3) is 4.19. The molecule has 5 heteroatoms. The molecule has 1 atom stereocenters. The topological polar surface area (TPSA) is 49.8 Å². The van der Waals surface area contributed by atoms with Gasteiger partial charge in [0.1, 0.15) is 18.2 Å². The van der Waals surface area contributed by atoms with E-state index in [1.165, 1.54) is 13.2 Å². The van der Waals surface area contributed by atoms with Crippen LogP contribution in [0, 0.1) is 12.7 Å². The van der Waals surface area contributed by atoms with E-state index in [9.17, 15) is 9.18 Å². The third-order valence-electron chi connectivity index (χ3n) is 3.86. The number of hydrogen-bond acceptors (Lipinski definition) is 3. The molecule has 1 saturated heterocycles. The minimum absolute atomic E-state index is 0.0242. The van der Waals surface area contributed by atoms with Crippen molar-refractivity contribution in [1.29, 1.82) is 0 Å². The molecule has 0 aliphatic carbocycles. The molecule has 1 heterocycles. The molecule has 1 aliphatic heterocycles. The molecule has 1 N–H and O–H groups in total. The van der Waals surface area contributed by atoms with Crippen LogP contribution >= 0.6 is 0 Å². The molecular formula is C17H26FNO3. The molecule has 0 aromatic heterocycles. The Hall–Kier alpha value is -1.62. The summed E-state index contributed by atoms with van der Waals surface area (Å²) in [5, 5.41) is 8.93. The lowest BCUT2D eigenvalue weighted by atomic mass is 9.89. The molecule has 22 heavy (non-hydrogen) atoms. The van der Waals surface area contributed by atoms with Crippen LogP contribution in [0.4, 0.5) is 4.39 Å². The van der Waals surface area contributed by atoms with Crippen LogP contribution in [0.2, 0.25) is 0 Å². The number of amides is 1. The standard InChI is InChI=1S/C15H20FNO3.C2H6/c1-10-6-12(13(16)7-14(10)20-2)11-4-3-5-17(8-11)15(19)9-18;1-2/h6-7,11,18H,3-5,8-9H2,1-2H3;1-2H3. The lowest BCUT2D eigenvalue weighted by Gasteiger charge is -2.33. The highest BCUT2D eigenvalue weighted by Crippen LogP contribution is 2.32. The van der Waals surface area contributed by atoms with E-state index in [0.717, 1.165) is 18.4 Å². The first-order valence-corrected chi connectivity index (χ1v) is 7.79. The summed E-state index contributed by atoms with van der Waals surface area (Å²) in [6.07, 6.45) is 1.67. The van der Waals surface area contributed by atoms with E-state index in [2.05, 4.69) is 0 Å². The van der Waals surface area contributed by atoms with Crippen molar-refractivity contribution >= 4 is 5.91 Å². The number of aryl methyl sites for hydroxylation is 1. The van der Waals surface area contributed by atoms with Gasteiger partial charge in [0, 0.05) is 25.1 Å². The average molecular weight is 311 g/mol. The maximum absolute atomic E-state index is 14.2. The Balaban J connectivity index is 0.00000116. The van der Waals surface area contributed by atoms with E-state index in [4.69, 9.17) is 9.84 Å². The van der Waals surface area contributed by atoms with E-state index in [1.54, 1.807) is 11.0 Å². The van der Waals surface area contributed by atoms with Crippen LogP contribution in [0.1, 0.15) is 43.7 Å². The Morgan fingerprint density at radius 3 is 2.73 bits per heavy atom. The van der Waals surface area contributed by atoms with E-state index in [-0.39, 0.29) is 17.6 Å². The molecule has 0 radical (unpaired) electrons. The molecule has 0 spiro atoms. The van der Waals surface area contributed by atoms with Gasteiger partial charge in [-0.1, -0.05) is 13.8 Å². The lowest BCUT2D eigenvalue weighted by Crippen LogP contribution is -2.40. The fourth-order valence-electron chi connectivity index (χ4n) is 2.78. The van der Waals surface area contributed by atoms with Crippen molar-refractivity contribution in [3.05, 3.63) is 29.1 Å². The highest BCUT2D eigenvalue weighted by molar-refractivity contribution is 5.77. The smallest absolute Gasteiger partial charge is 0.248 e. The number of aliphatic hydroxyl groups is 1. The van der Waals surface area contributed by atoms with Crippen LogP contribution in [-0.2, 0) is 4.79 Å². The number of methoxy groups -OCH3 is 1. The predicted molar refractivity (Wildman–Crippen MR) is 84.7 cm³/mol. The number of likely N-dealkylation sites (tertiary alicyclic amines) is 1. The SMILES string of the molecule is CC.COc1cc(F)c(C2CCCN(C(=O)CO)C2)cc1C. The summed E-state index contributed by atoms with van der Waals surface area (Å²) in [6.45, 7) is 6.48. The molecule has 1 fully saturated rings. The molecule has 1 aromatic rings. The zero-order valence-corrected chi connectivity index (χ0v) is 13.9. The second-order valence-electron chi connectivity index (χ2n) is 5.18. The molecule has 1 aromatic carbocycles. The number of nitrogens with zero attached hydrogens (tertiary/aromatic N) is 1. The van der Waals surface area contributed by atoms with Gasteiger partial charge in [0.25, 0.3) is 0 Å². The number of halogens is 1. The highest BCUT2D eigenvalue weighted by Gasteiger charge is 2.26. The Bertz CT molecular complexity index is 505. The number of carbonyl (C=O) groups excluding carboxylic acids is 1. The number of ether oxygens (including phenoxy) is 1. The molecule has 1 amide bonds. The van der Waals surface area contributed by atoms with Crippen molar-refractivity contribution in [2.75, 3.05) is 26.8 Å². The maximum Gasteiger partial charge on any atom is 0.248 e. The molecule has 0 saturated carbocycles. The Kier molecular flexibility index (Phi) is 7.32. The van der Waals surface area contributed by atoms with Crippen LogP contribution in [0.25, 0.3) is 0 Å². The molecule has 0 bridgehead atoms. The van der Waals surface area contributed by atoms with Crippen molar-refractivity contribution in [1.82, 2.24) is 4.90 Å². The predicted octanol–water partition coefficient (Wildman–Crippen LogP) is 2.87. The second-order valence-corrected chi connectivity index (χ2v) is 5.18. The third-order valence-corrected chi connectivity index (χ3v) is 3.86. The van der Waals surface area contributed by atoms with Crippen LogP contribution in [0.3, 0.4) is 0 Å². The quantitative estimate of drug-likeness (QED) is 0.934. The normalized spacial score (nSPS) is 17.5. The molecule has 1 aliphatic rings. The second kappa shape index (κ2) is 8.73. The summed E-state index contributed by atoms with van der Waals surface area (Å²) in [7, 11) is 1.52. The van der Waals surface area contributed by atoms with E-state index >= 15 is 0 Å². The highest BCUT2D eigenvalue weighted by atomic mass is 19.1. The van der Waals surface area contributed by atoms with Crippen LogP contribution < -0.4 is 4.74 Å². The summed E-state index contributed by atoms with van der Waals surface area (Å²) in [5.41, 5.74) is 1.51. The summed E-state index contributed by atoms with van der Waals surface area (Å²) in [5.74, 6) is -0.0784. The molecule has 4 nitrogen and oxygen atoms in total. The summed E-state index contributed by atoms with van der Waals surface area (Å²) in [6, 6.07) is 3.20. The fourth-order valence-corrected chi connectivity index (χ4v) is 2.78. The first kappa shape index (κ1) is 18.4. The van der Waals surface area contributed by atoms with Crippen molar-refractivity contribution in [2.45, 2.75) is 39.5 Å². The number of piperidine rings is 1. The summed E-state index contributed by atoms with van der Waals surface area (Å²) in [4.78, 5) is 13.2. The van der Waals surface area contributed by atoms with Gasteiger partial charge in [0.2, 0.25) is 5.91 Å². The molecule has 124 valence electrons. The van der Waals surface area contributed by atoms with Crippen molar-refractivity contribution in [3.8, 4) is 5.75 Å². The Morgan fingerprint density at radius 2 is 2.14 bits per heavy atom. The van der Waals surface area contributed by atoms with Gasteiger partial charge >= 0.3 is 0 Å². The average Bonchev–Trinajstić information content (AvgIpc) is 2.57. The number of aliphatic hydroxyl groups excluding tert-OH is 1. The number of benzene rings is 1. The lowest BCUT2D eigenvalue weighted by molar-refractivity contribution is -0.135. The zero-order chi connectivity index (χ0) is 16.7. The first-order chi connectivity index (χ1) is 10.6. The van der Waals surface area contributed by atoms with E-state index in [0.29, 0.717) is 24.4 Å². The van der Waals surface area contributed by atoms with Crippen molar-refractivity contribution in [3.63, 3.8) is 0 Å².